The fourth-order valence-corrected chi connectivity index (χ4v) is 6.51. The van der Waals surface area contributed by atoms with Crippen molar-refractivity contribution in [2.75, 3.05) is 44.1 Å². The highest BCUT2D eigenvalue weighted by atomic mass is 35.5. The van der Waals surface area contributed by atoms with Gasteiger partial charge in [0.1, 0.15) is 22.1 Å². The van der Waals surface area contributed by atoms with Crippen molar-refractivity contribution >= 4 is 39.1 Å². The number of amides is 3. The number of carbonyl (C=O) groups excluding carboxylic acids is 2. The number of methoxy groups -OCH3 is 1. The average Bonchev–Trinajstić information content (AvgIpc) is 3.16. The lowest BCUT2D eigenvalue weighted by atomic mass is 10.0. The van der Waals surface area contributed by atoms with Crippen molar-refractivity contribution in [3.8, 4) is 16.9 Å². The maximum absolute atomic E-state index is 13.4. The Hall–Kier alpha value is -4.10. The number of ether oxygens (including phenoxy) is 1. The molecule has 44 heavy (non-hydrogen) atoms. The third-order valence-electron chi connectivity index (χ3n) is 8.10. The first-order valence-corrected chi connectivity index (χ1v) is 16.7. The minimum absolute atomic E-state index is 0.0293. The zero-order valence-corrected chi connectivity index (χ0v) is 26.1. The summed E-state index contributed by atoms with van der Waals surface area (Å²) in [6, 6.07) is 12.3. The van der Waals surface area contributed by atoms with Crippen molar-refractivity contribution in [1.82, 2.24) is 18.9 Å². The molecule has 1 N–H and O–H groups in total. The standard InChI is InChI=1S/C30H34ClN5O7S/c1-43-25-9-5-7-22(27(25)31)23-18-34(30(40)36(28(23)38)16-17-44(2,41)42)19-26(37)33-13-11-21(12-14-33)35-15-10-20-6-3-4-8-24(20)32-29(35)39/h3-9,18,21H,10-17,19H2,1-2H3,(H,32,39). The van der Waals surface area contributed by atoms with Crippen LogP contribution in [0.4, 0.5) is 10.5 Å². The van der Waals surface area contributed by atoms with Crippen molar-refractivity contribution in [2.45, 2.75) is 38.4 Å². The summed E-state index contributed by atoms with van der Waals surface area (Å²) >= 11 is 6.50. The number of fused-ring (bicyclic) bond motifs is 1. The summed E-state index contributed by atoms with van der Waals surface area (Å²) in [5.41, 5.74) is 0.673. The largest absolute Gasteiger partial charge is 0.495 e. The summed E-state index contributed by atoms with van der Waals surface area (Å²) in [7, 11) is -2.08. The lowest BCUT2D eigenvalue weighted by Crippen LogP contribution is -2.51. The Bertz CT molecular complexity index is 1810. The third-order valence-corrected chi connectivity index (χ3v) is 9.42. The molecule has 1 saturated heterocycles. The van der Waals surface area contributed by atoms with Crippen LogP contribution in [0.1, 0.15) is 18.4 Å². The third kappa shape index (κ3) is 6.68. The Morgan fingerprint density at radius 2 is 1.75 bits per heavy atom. The summed E-state index contributed by atoms with van der Waals surface area (Å²) < 4.78 is 31.0. The Labute approximate surface area is 259 Å². The molecule has 0 bridgehead atoms. The lowest BCUT2D eigenvalue weighted by Gasteiger charge is -2.38. The fourth-order valence-electron chi connectivity index (χ4n) is 5.69. The van der Waals surface area contributed by atoms with Crippen LogP contribution < -0.4 is 21.3 Å². The van der Waals surface area contributed by atoms with E-state index in [2.05, 4.69) is 5.32 Å². The quantitative estimate of drug-likeness (QED) is 0.398. The van der Waals surface area contributed by atoms with E-state index in [0.717, 1.165) is 33.1 Å². The number of nitrogens with zero attached hydrogens (tertiary/aromatic N) is 4. The van der Waals surface area contributed by atoms with Crippen LogP contribution in [-0.4, -0.2) is 84.1 Å². The molecule has 2 aromatic carbocycles. The number of carbonyl (C=O) groups is 2. The van der Waals surface area contributed by atoms with Crippen LogP contribution >= 0.6 is 11.6 Å². The van der Waals surface area contributed by atoms with Crippen molar-refractivity contribution < 1.29 is 22.7 Å². The molecule has 0 spiro atoms. The number of para-hydroxylation sites is 1. The number of urea groups is 1. The second-order valence-electron chi connectivity index (χ2n) is 11.0. The summed E-state index contributed by atoms with van der Waals surface area (Å²) in [4.78, 5) is 56.7. The Morgan fingerprint density at radius 1 is 1.02 bits per heavy atom. The molecule has 0 unspecified atom stereocenters. The molecule has 3 amide bonds. The van der Waals surface area contributed by atoms with E-state index in [4.69, 9.17) is 16.3 Å². The second kappa shape index (κ2) is 12.9. The van der Waals surface area contributed by atoms with Gasteiger partial charge in [0.05, 0.1) is 23.4 Å². The van der Waals surface area contributed by atoms with E-state index in [-0.39, 0.29) is 47.2 Å². The number of hydrogen-bond donors (Lipinski definition) is 1. The van der Waals surface area contributed by atoms with Gasteiger partial charge in [-0.3, -0.25) is 18.7 Å². The molecular weight excluding hydrogens is 610 g/mol. The molecule has 12 nitrogen and oxygen atoms in total. The maximum Gasteiger partial charge on any atom is 0.331 e. The first-order chi connectivity index (χ1) is 21.0. The smallest absolute Gasteiger partial charge is 0.331 e. The van der Waals surface area contributed by atoms with Crippen molar-refractivity contribution in [1.29, 1.82) is 0 Å². The van der Waals surface area contributed by atoms with Crippen LogP contribution in [0.3, 0.4) is 0 Å². The van der Waals surface area contributed by atoms with Gasteiger partial charge in [0, 0.05) is 55.9 Å². The van der Waals surface area contributed by atoms with Gasteiger partial charge in [-0.15, -0.1) is 0 Å². The lowest BCUT2D eigenvalue weighted by molar-refractivity contribution is -0.133. The van der Waals surface area contributed by atoms with E-state index >= 15 is 0 Å². The molecule has 0 atom stereocenters. The Kier molecular flexibility index (Phi) is 9.16. The number of halogens is 1. The molecule has 2 aliphatic rings. The molecule has 0 saturated carbocycles. The predicted molar refractivity (Wildman–Crippen MR) is 167 cm³/mol. The highest BCUT2D eigenvalue weighted by Gasteiger charge is 2.31. The van der Waals surface area contributed by atoms with Gasteiger partial charge in [-0.2, -0.15) is 0 Å². The zero-order valence-electron chi connectivity index (χ0n) is 24.5. The molecule has 1 fully saturated rings. The topological polar surface area (TPSA) is 140 Å². The SMILES string of the molecule is COc1cccc(-c2cn(CC(=O)N3CCC(N4CCc5ccccc5NC4=O)CC3)c(=O)n(CCS(C)(=O)=O)c2=O)c1Cl. The van der Waals surface area contributed by atoms with Crippen LogP contribution in [0, 0.1) is 0 Å². The van der Waals surface area contributed by atoms with E-state index in [9.17, 15) is 27.6 Å². The Morgan fingerprint density at radius 3 is 2.45 bits per heavy atom. The van der Waals surface area contributed by atoms with Crippen LogP contribution in [-0.2, 0) is 34.1 Å². The normalized spacial score (nSPS) is 15.8. The number of anilines is 1. The van der Waals surface area contributed by atoms with E-state index in [1.54, 1.807) is 23.1 Å². The maximum atomic E-state index is 13.4. The number of likely N-dealkylation sites (tertiary alicyclic amines) is 1. The van der Waals surface area contributed by atoms with Gasteiger partial charge < -0.3 is 19.9 Å². The molecule has 0 aliphatic carbocycles. The summed E-state index contributed by atoms with van der Waals surface area (Å²) in [5, 5.41) is 3.13. The molecule has 0 radical (unpaired) electrons. The van der Waals surface area contributed by atoms with Crippen LogP contribution in [0.15, 0.2) is 58.3 Å². The highest BCUT2D eigenvalue weighted by molar-refractivity contribution is 7.90. The van der Waals surface area contributed by atoms with Gasteiger partial charge in [0.15, 0.2) is 0 Å². The van der Waals surface area contributed by atoms with Gasteiger partial charge in [-0.25, -0.2) is 18.0 Å². The number of sulfone groups is 1. The number of piperidine rings is 1. The summed E-state index contributed by atoms with van der Waals surface area (Å²) in [6.45, 7) is 0.597. The van der Waals surface area contributed by atoms with Gasteiger partial charge in [-0.05, 0) is 37.0 Å². The zero-order chi connectivity index (χ0) is 31.6. The number of rotatable bonds is 8. The first kappa shape index (κ1) is 31.3. The summed E-state index contributed by atoms with van der Waals surface area (Å²) in [5.74, 6) is -0.465. The Balaban J connectivity index is 1.35. The molecule has 5 rings (SSSR count). The van der Waals surface area contributed by atoms with Gasteiger partial charge in [0.25, 0.3) is 5.56 Å². The fraction of sp³-hybridized carbons (Fsp3) is 0.400. The minimum Gasteiger partial charge on any atom is -0.495 e. The molecule has 14 heteroatoms. The molecule has 234 valence electrons. The highest BCUT2D eigenvalue weighted by Crippen LogP contribution is 2.33. The van der Waals surface area contributed by atoms with Gasteiger partial charge in [-0.1, -0.05) is 41.9 Å². The van der Waals surface area contributed by atoms with Crippen LogP contribution in [0.25, 0.3) is 11.1 Å². The van der Waals surface area contributed by atoms with Crippen molar-refractivity contribution in [3.63, 3.8) is 0 Å². The summed E-state index contributed by atoms with van der Waals surface area (Å²) in [6.07, 6.45) is 4.17. The average molecular weight is 644 g/mol. The number of nitrogens with one attached hydrogen (secondary N) is 1. The number of hydrogen-bond acceptors (Lipinski definition) is 7. The van der Waals surface area contributed by atoms with Gasteiger partial charge in [0.2, 0.25) is 5.91 Å². The van der Waals surface area contributed by atoms with E-state index in [0.29, 0.717) is 38.2 Å². The molecule has 3 aromatic rings. The van der Waals surface area contributed by atoms with Crippen LogP contribution in [0.5, 0.6) is 5.75 Å². The molecule has 2 aliphatic heterocycles. The molecular formula is C30H34ClN5O7S. The number of aromatic nitrogens is 2. The molecule has 1 aromatic heterocycles. The van der Waals surface area contributed by atoms with E-state index < -0.39 is 26.8 Å². The second-order valence-corrected chi connectivity index (χ2v) is 13.6. The molecule has 3 heterocycles. The monoisotopic (exact) mass is 643 g/mol. The van der Waals surface area contributed by atoms with E-state index in [1.807, 2.05) is 29.2 Å². The van der Waals surface area contributed by atoms with Crippen LogP contribution in [0.2, 0.25) is 5.02 Å². The van der Waals surface area contributed by atoms with E-state index in [1.165, 1.54) is 13.3 Å². The minimum atomic E-state index is -3.50. The predicted octanol–water partition coefficient (Wildman–Crippen LogP) is 2.46. The van der Waals surface area contributed by atoms with Gasteiger partial charge >= 0.3 is 11.7 Å². The number of benzene rings is 2. The van der Waals surface area contributed by atoms with Crippen molar-refractivity contribution in [2.24, 2.45) is 0 Å². The first-order valence-electron chi connectivity index (χ1n) is 14.2. The van der Waals surface area contributed by atoms with Crippen molar-refractivity contribution in [3.05, 3.63) is 80.1 Å².